The second-order valence-corrected chi connectivity index (χ2v) is 8.84. The lowest BCUT2D eigenvalue weighted by Crippen LogP contribution is -2.47. The molecular weight excluding hydrogens is 388 g/mol. The highest BCUT2D eigenvalue weighted by molar-refractivity contribution is 6.12. The molecule has 5 aromatic carbocycles. The quantitative estimate of drug-likeness (QED) is 0.292. The van der Waals surface area contributed by atoms with Crippen LogP contribution in [0.5, 0.6) is 0 Å². The standard InChI is InChI=1S/C31H20O/c32-30(22-18-17-20-9-1-2-10-21(20)19-22)31-26-14-6-3-11-23(26)29(24-12-4-7-15-27(24)31)25-13-5-8-16-28(25)31/h1-19,29H. The molecule has 150 valence electrons. The summed E-state index contributed by atoms with van der Waals surface area (Å²) in [4.78, 5) is 14.7. The number of fused-ring (bicyclic) bond motifs is 1. The lowest BCUT2D eigenvalue weighted by Gasteiger charge is -2.49. The molecular formula is C31H20O. The van der Waals surface area contributed by atoms with Gasteiger partial charge < -0.3 is 0 Å². The largest absolute Gasteiger partial charge is 0.292 e. The second-order valence-electron chi connectivity index (χ2n) is 8.84. The highest BCUT2D eigenvalue weighted by Gasteiger charge is 2.55. The molecule has 0 unspecified atom stereocenters. The maximum atomic E-state index is 14.7. The van der Waals surface area contributed by atoms with Crippen LogP contribution in [0, 0.1) is 0 Å². The highest BCUT2D eigenvalue weighted by atomic mass is 16.1. The van der Waals surface area contributed by atoms with Crippen LogP contribution in [-0.4, -0.2) is 5.78 Å². The zero-order valence-corrected chi connectivity index (χ0v) is 17.5. The van der Waals surface area contributed by atoms with Crippen molar-refractivity contribution >= 4 is 16.6 Å². The summed E-state index contributed by atoms with van der Waals surface area (Å²) in [5, 5.41) is 2.24. The Morgan fingerprint density at radius 3 is 1.56 bits per heavy atom. The van der Waals surface area contributed by atoms with Gasteiger partial charge in [0, 0.05) is 11.5 Å². The van der Waals surface area contributed by atoms with E-state index in [1.54, 1.807) is 0 Å². The molecule has 0 fully saturated rings. The Labute approximate surface area is 187 Å². The molecule has 8 rings (SSSR count). The van der Waals surface area contributed by atoms with E-state index in [0.717, 1.165) is 33.0 Å². The average molecular weight is 409 g/mol. The van der Waals surface area contributed by atoms with Gasteiger partial charge in [0.15, 0.2) is 5.78 Å². The molecule has 0 aromatic heterocycles. The molecule has 0 spiro atoms. The van der Waals surface area contributed by atoms with E-state index in [-0.39, 0.29) is 11.7 Å². The molecule has 3 aliphatic carbocycles. The van der Waals surface area contributed by atoms with Gasteiger partial charge in [-0.3, -0.25) is 4.79 Å². The van der Waals surface area contributed by atoms with Gasteiger partial charge in [-0.2, -0.15) is 0 Å². The Balaban J connectivity index is 1.60. The first-order valence-electron chi connectivity index (χ1n) is 11.1. The number of carbonyl (C=O) groups is 1. The van der Waals surface area contributed by atoms with E-state index in [1.807, 2.05) is 18.2 Å². The third-order valence-electron chi connectivity index (χ3n) is 7.38. The van der Waals surface area contributed by atoms with Crippen LogP contribution in [0.3, 0.4) is 0 Å². The molecule has 1 nitrogen and oxygen atoms in total. The van der Waals surface area contributed by atoms with Crippen LogP contribution >= 0.6 is 0 Å². The molecule has 3 aliphatic rings. The third-order valence-corrected chi connectivity index (χ3v) is 7.38. The van der Waals surface area contributed by atoms with E-state index in [2.05, 4.69) is 97.1 Å². The van der Waals surface area contributed by atoms with Crippen LogP contribution in [0.15, 0.2) is 115 Å². The van der Waals surface area contributed by atoms with Crippen LogP contribution < -0.4 is 0 Å². The lowest BCUT2D eigenvalue weighted by atomic mass is 9.51. The van der Waals surface area contributed by atoms with Gasteiger partial charge in [-0.05, 0) is 50.2 Å². The van der Waals surface area contributed by atoms with Crippen LogP contribution in [-0.2, 0) is 5.41 Å². The molecule has 0 amide bonds. The van der Waals surface area contributed by atoms with E-state index >= 15 is 0 Å². The van der Waals surface area contributed by atoms with Gasteiger partial charge in [-0.15, -0.1) is 0 Å². The normalized spacial score (nSPS) is 19.8. The molecule has 0 radical (unpaired) electrons. The Morgan fingerprint density at radius 1 is 0.531 bits per heavy atom. The smallest absolute Gasteiger partial charge is 0.182 e. The van der Waals surface area contributed by atoms with E-state index in [0.29, 0.717) is 0 Å². The minimum absolute atomic E-state index is 0.147. The Bertz CT molecular complexity index is 1440. The third kappa shape index (κ3) is 2.06. The van der Waals surface area contributed by atoms with E-state index in [9.17, 15) is 4.79 Å². The van der Waals surface area contributed by atoms with Gasteiger partial charge in [0.1, 0.15) is 5.41 Å². The predicted octanol–water partition coefficient (Wildman–Crippen LogP) is 6.86. The first-order chi connectivity index (χ1) is 15.8. The van der Waals surface area contributed by atoms with E-state index < -0.39 is 5.41 Å². The summed E-state index contributed by atoms with van der Waals surface area (Å²) in [6.07, 6.45) is 0. The van der Waals surface area contributed by atoms with Gasteiger partial charge in [0.05, 0.1) is 0 Å². The molecule has 32 heavy (non-hydrogen) atoms. The summed E-state index contributed by atoms with van der Waals surface area (Å²) < 4.78 is 0. The van der Waals surface area contributed by atoms with Crippen LogP contribution in [0.25, 0.3) is 10.8 Å². The maximum absolute atomic E-state index is 14.7. The minimum Gasteiger partial charge on any atom is -0.292 e. The molecule has 0 aliphatic heterocycles. The summed E-state index contributed by atoms with van der Waals surface area (Å²) in [6, 6.07) is 39.9. The molecule has 0 saturated carbocycles. The lowest BCUT2D eigenvalue weighted by molar-refractivity contribution is 0.0929. The maximum Gasteiger partial charge on any atom is 0.182 e. The van der Waals surface area contributed by atoms with Crippen molar-refractivity contribution in [2.75, 3.05) is 0 Å². The van der Waals surface area contributed by atoms with Gasteiger partial charge in [0.2, 0.25) is 0 Å². The van der Waals surface area contributed by atoms with Crippen molar-refractivity contribution in [3.05, 3.63) is 154 Å². The Kier molecular flexibility index (Phi) is 3.47. The van der Waals surface area contributed by atoms with Crippen LogP contribution in [0.1, 0.15) is 49.7 Å². The minimum atomic E-state index is -0.832. The average Bonchev–Trinajstić information content (AvgIpc) is 2.87. The van der Waals surface area contributed by atoms with Crippen molar-refractivity contribution < 1.29 is 4.79 Å². The summed E-state index contributed by atoms with van der Waals surface area (Å²) >= 11 is 0. The molecule has 0 N–H and O–H groups in total. The first kappa shape index (κ1) is 17.7. The number of hydrogen-bond acceptors (Lipinski definition) is 1. The van der Waals surface area contributed by atoms with Crippen LogP contribution in [0.2, 0.25) is 0 Å². The summed E-state index contributed by atoms with van der Waals surface area (Å²) in [7, 11) is 0. The van der Waals surface area contributed by atoms with Crippen molar-refractivity contribution in [2.45, 2.75) is 11.3 Å². The number of rotatable bonds is 2. The molecule has 2 bridgehead atoms. The number of carbonyl (C=O) groups excluding carboxylic acids is 1. The molecule has 0 heterocycles. The van der Waals surface area contributed by atoms with E-state index in [1.165, 1.54) is 16.7 Å². The summed E-state index contributed by atoms with van der Waals surface area (Å²) in [5.41, 5.74) is 7.04. The Morgan fingerprint density at radius 2 is 1.00 bits per heavy atom. The fraction of sp³-hybridized carbons (Fsp3) is 0.0645. The summed E-state index contributed by atoms with van der Waals surface area (Å²) in [6.45, 7) is 0. The van der Waals surface area contributed by atoms with Gasteiger partial charge in [-0.25, -0.2) is 0 Å². The van der Waals surface area contributed by atoms with Crippen molar-refractivity contribution in [3.63, 3.8) is 0 Å². The SMILES string of the molecule is O=C(c1ccc2ccccc2c1)C12c3ccccc3C(c3ccccc31)c1ccccc12. The predicted molar refractivity (Wildman–Crippen MR) is 128 cm³/mol. The van der Waals surface area contributed by atoms with Crippen molar-refractivity contribution in [3.8, 4) is 0 Å². The zero-order chi connectivity index (χ0) is 21.3. The molecule has 1 heteroatoms. The summed E-state index contributed by atoms with van der Waals surface area (Å²) in [5.74, 6) is 0.318. The second kappa shape index (κ2) is 6.27. The van der Waals surface area contributed by atoms with Gasteiger partial charge >= 0.3 is 0 Å². The monoisotopic (exact) mass is 408 g/mol. The van der Waals surface area contributed by atoms with Gasteiger partial charge in [-0.1, -0.05) is 109 Å². The van der Waals surface area contributed by atoms with Crippen molar-refractivity contribution in [2.24, 2.45) is 0 Å². The van der Waals surface area contributed by atoms with Crippen molar-refractivity contribution in [1.82, 2.24) is 0 Å². The molecule has 5 aromatic rings. The highest BCUT2D eigenvalue weighted by Crippen LogP contribution is 2.59. The van der Waals surface area contributed by atoms with E-state index in [4.69, 9.17) is 0 Å². The fourth-order valence-corrected chi connectivity index (χ4v) is 6.12. The van der Waals surface area contributed by atoms with Gasteiger partial charge in [0.25, 0.3) is 0 Å². The number of ketones is 1. The molecule has 0 saturated heterocycles. The van der Waals surface area contributed by atoms with Crippen LogP contribution in [0.4, 0.5) is 0 Å². The number of hydrogen-bond donors (Lipinski definition) is 0. The fourth-order valence-electron chi connectivity index (χ4n) is 6.12. The Hall–Kier alpha value is -3.97. The van der Waals surface area contributed by atoms with Crippen molar-refractivity contribution in [1.29, 1.82) is 0 Å². The molecule has 0 atom stereocenters. The first-order valence-corrected chi connectivity index (χ1v) is 11.1. The number of Topliss-reactive ketones (excluding diaryl/α,β-unsaturated/α-hetero) is 1. The number of benzene rings is 5. The topological polar surface area (TPSA) is 17.1 Å². The zero-order valence-electron chi connectivity index (χ0n) is 17.5.